The van der Waals surface area contributed by atoms with Crippen LogP contribution < -0.4 is 5.32 Å². The highest BCUT2D eigenvalue weighted by atomic mass is 16.5. The Bertz CT molecular complexity index is 602. The topological polar surface area (TPSA) is 67.9 Å². The fourth-order valence-electron chi connectivity index (χ4n) is 5.80. The summed E-state index contributed by atoms with van der Waals surface area (Å²) >= 11 is 0. The molecule has 2 amide bonds. The average Bonchev–Trinajstić information content (AvgIpc) is 2.71. The second kappa shape index (κ2) is 9.96. The zero-order chi connectivity index (χ0) is 20.9. The number of amides is 2. The average molecular weight is 407 g/mol. The molecule has 0 aromatic carbocycles. The van der Waals surface area contributed by atoms with Crippen molar-refractivity contribution in [2.75, 3.05) is 26.3 Å². The van der Waals surface area contributed by atoms with Gasteiger partial charge in [0.05, 0.1) is 13.2 Å². The Morgan fingerprint density at radius 3 is 2.69 bits per heavy atom. The Morgan fingerprint density at radius 2 is 2.00 bits per heavy atom. The molecule has 0 aromatic rings. The van der Waals surface area contributed by atoms with E-state index >= 15 is 0 Å². The Labute approximate surface area is 175 Å². The Morgan fingerprint density at radius 1 is 1.24 bits per heavy atom. The van der Waals surface area contributed by atoms with Gasteiger partial charge in [-0.15, -0.1) is 0 Å². The van der Waals surface area contributed by atoms with E-state index < -0.39 is 0 Å². The minimum absolute atomic E-state index is 0.0133. The van der Waals surface area contributed by atoms with Gasteiger partial charge in [0, 0.05) is 31.1 Å². The number of rotatable bonds is 5. The van der Waals surface area contributed by atoms with Crippen LogP contribution in [0.2, 0.25) is 0 Å². The van der Waals surface area contributed by atoms with Crippen LogP contribution in [-0.4, -0.2) is 55.3 Å². The summed E-state index contributed by atoms with van der Waals surface area (Å²) in [6, 6.07) is 0.300. The summed E-state index contributed by atoms with van der Waals surface area (Å²) in [5.41, 5.74) is 0.176. The monoisotopic (exact) mass is 406 g/mol. The Balaban J connectivity index is 1.62. The number of nitrogens with zero attached hydrogens (tertiary/aromatic N) is 1. The number of nitrogens with one attached hydrogen (secondary N) is 1. The van der Waals surface area contributed by atoms with Crippen LogP contribution in [0, 0.1) is 17.3 Å². The number of esters is 1. The second-order valence-corrected chi connectivity index (χ2v) is 9.17. The van der Waals surface area contributed by atoms with E-state index in [-0.39, 0.29) is 29.6 Å². The van der Waals surface area contributed by atoms with Crippen LogP contribution in [0.25, 0.3) is 0 Å². The van der Waals surface area contributed by atoms with E-state index in [2.05, 4.69) is 19.2 Å². The molecule has 1 N–H and O–H groups in total. The number of carbonyl (C=O) groups excluding carboxylic acids is 2. The maximum absolute atomic E-state index is 12.6. The van der Waals surface area contributed by atoms with Crippen molar-refractivity contribution in [1.29, 1.82) is 0 Å². The van der Waals surface area contributed by atoms with E-state index in [1.165, 1.54) is 6.08 Å². The molecule has 0 bridgehead atoms. The summed E-state index contributed by atoms with van der Waals surface area (Å²) in [5, 5.41) is 3.28. The van der Waals surface area contributed by atoms with E-state index in [4.69, 9.17) is 9.47 Å². The number of ether oxygens (including phenoxy) is 2. The molecule has 3 aliphatic rings. The summed E-state index contributed by atoms with van der Waals surface area (Å²) in [6.07, 6.45) is 10.6. The van der Waals surface area contributed by atoms with Gasteiger partial charge < -0.3 is 19.7 Å². The molecular weight excluding hydrogens is 368 g/mol. The van der Waals surface area contributed by atoms with Crippen LogP contribution in [0.3, 0.4) is 0 Å². The molecule has 3 rings (SSSR count). The third kappa shape index (κ3) is 5.14. The van der Waals surface area contributed by atoms with Crippen LogP contribution in [0.1, 0.15) is 65.7 Å². The van der Waals surface area contributed by atoms with E-state index in [0.29, 0.717) is 38.1 Å². The van der Waals surface area contributed by atoms with Gasteiger partial charge in [0.1, 0.15) is 6.10 Å². The van der Waals surface area contributed by atoms with Gasteiger partial charge in [-0.05, 0) is 56.8 Å². The molecule has 2 saturated carbocycles. The van der Waals surface area contributed by atoms with Crippen LogP contribution in [0.5, 0.6) is 0 Å². The number of hydrogen-bond donors (Lipinski definition) is 1. The molecule has 1 aliphatic heterocycles. The van der Waals surface area contributed by atoms with E-state index in [1.54, 1.807) is 6.08 Å². The van der Waals surface area contributed by atoms with Crippen molar-refractivity contribution in [3.05, 3.63) is 12.2 Å². The van der Waals surface area contributed by atoms with Gasteiger partial charge in [-0.3, -0.25) is 0 Å². The lowest BCUT2D eigenvalue weighted by atomic mass is 9.53. The van der Waals surface area contributed by atoms with Crippen molar-refractivity contribution in [3.63, 3.8) is 0 Å². The number of hydrogen-bond acceptors (Lipinski definition) is 4. The molecule has 1 unspecified atom stereocenters. The molecule has 0 aromatic heterocycles. The molecular formula is C23H38N2O4. The van der Waals surface area contributed by atoms with Crippen LogP contribution in [-0.2, 0) is 14.3 Å². The highest BCUT2D eigenvalue weighted by Gasteiger charge is 2.51. The summed E-state index contributed by atoms with van der Waals surface area (Å²) in [6.45, 7) is 9.07. The first-order chi connectivity index (χ1) is 14.0. The van der Waals surface area contributed by atoms with Crippen molar-refractivity contribution in [1.82, 2.24) is 10.2 Å². The minimum Gasteiger partial charge on any atom is -0.459 e. The van der Waals surface area contributed by atoms with Crippen molar-refractivity contribution in [3.8, 4) is 0 Å². The predicted octanol–water partition coefficient (Wildman–Crippen LogP) is 3.90. The van der Waals surface area contributed by atoms with Crippen molar-refractivity contribution >= 4 is 12.0 Å². The maximum Gasteiger partial charge on any atom is 0.330 e. The van der Waals surface area contributed by atoms with Crippen molar-refractivity contribution in [2.24, 2.45) is 17.3 Å². The number of urea groups is 1. The summed E-state index contributed by atoms with van der Waals surface area (Å²) in [7, 11) is 0. The smallest absolute Gasteiger partial charge is 0.330 e. The molecule has 164 valence electrons. The molecule has 6 nitrogen and oxygen atoms in total. The molecule has 0 spiro atoms. The van der Waals surface area contributed by atoms with Gasteiger partial charge in [0.15, 0.2) is 0 Å². The summed E-state index contributed by atoms with van der Waals surface area (Å²) in [5.74, 6) is 0.753. The van der Waals surface area contributed by atoms with E-state index in [0.717, 1.165) is 44.9 Å². The molecule has 1 saturated heterocycles. The molecule has 2 aliphatic carbocycles. The van der Waals surface area contributed by atoms with Gasteiger partial charge in [0.25, 0.3) is 0 Å². The lowest BCUT2D eigenvalue weighted by Gasteiger charge is -2.54. The molecule has 0 radical (unpaired) electrons. The second-order valence-electron chi connectivity index (χ2n) is 9.17. The van der Waals surface area contributed by atoms with E-state index in [1.807, 2.05) is 11.8 Å². The maximum atomic E-state index is 12.6. The molecule has 1 heterocycles. The summed E-state index contributed by atoms with van der Waals surface area (Å²) < 4.78 is 11.2. The Kier molecular flexibility index (Phi) is 7.60. The number of fused-ring (bicyclic) bond motifs is 1. The fraction of sp³-hybridized carbons (Fsp3) is 0.826. The fourth-order valence-corrected chi connectivity index (χ4v) is 5.80. The standard InChI is InChI=1S/C23H38N2O4/c1-4-6-19-20(29-21(26)7-5-2)9-8-17-16-18(10-11-23(17,19)3)24-22(27)25-12-14-28-15-13-25/h5,7,17-20H,4,6,8-16H2,1-3H3,(H,24,27)/b7-5-/t17-,18?,19+,20-,23+/m1/s1. The SMILES string of the molecule is C/C=C\C(=O)O[C@@H]1CC[C@@H]2CC(NC(=O)N3CCOCC3)CC[C@]2(C)[C@H]1CCC. The first kappa shape index (κ1) is 22.1. The minimum atomic E-state index is -0.216. The lowest BCUT2D eigenvalue weighted by molar-refractivity contribution is -0.159. The van der Waals surface area contributed by atoms with Gasteiger partial charge in [-0.2, -0.15) is 0 Å². The highest BCUT2D eigenvalue weighted by Crippen LogP contribution is 2.55. The van der Waals surface area contributed by atoms with Gasteiger partial charge in [0.2, 0.25) is 0 Å². The molecule has 6 heteroatoms. The van der Waals surface area contributed by atoms with Gasteiger partial charge in [-0.1, -0.05) is 26.3 Å². The normalized spacial score (nSPS) is 35.2. The number of allylic oxidation sites excluding steroid dienone is 1. The van der Waals surface area contributed by atoms with Crippen LogP contribution in [0.15, 0.2) is 12.2 Å². The zero-order valence-corrected chi connectivity index (χ0v) is 18.3. The van der Waals surface area contributed by atoms with Gasteiger partial charge >= 0.3 is 12.0 Å². The lowest BCUT2D eigenvalue weighted by Crippen LogP contribution is -2.55. The largest absolute Gasteiger partial charge is 0.459 e. The first-order valence-electron chi connectivity index (χ1n) is 11.4. The molecule has 5 atom stereocenters. The predicted molar refractivity (Wildman–Crippen MR) is 112 cm³/mol. The number of morpholine rings is 1. The zero-order valence-electron chi connectivity index (χ0n) is 18.3. The van der Waals surface area contributed by atoms with Crippen LogP contribution >= 0.6 is 0 Å². The van der Waals surface area contributed by atoms with Crippen molar-refractivity contribution < 1.29 is 19.1 Å². The van der Waals surface area contributed by atoms with Gasteiger partial charge in [-0.25, -0.2) is 9.59 Å². The first-order valence-corrected chi connectivity index (χ1v) is 11.4. The van der Waals surface area contributed by atoms with E-state index in [9.17, 15) is 9.59 Å². The quantitative estimate of drug-likeness (QED) is 0.555. The third-order valence-electron chi connectivity index (χ3n) is 7.42. The highest BCUT2D eigenvalue weighted by molar-refractivity contribution is 5.82. The summed E-state index contributed by atoms with van der Waals surface area (Å²) in [4.78, 5) is 26.6. The van der Waals surface area contributed by atoms with Crippen molar-refractivity contribution in [2.45, 2.75) is 77.9 Å². The van der Waals surface area contributed by atoms with Crippen LogP contribution in [0.4, 0.5) is 4.79 Å². The Hall–Kier alpha value is -1.56. The molecule has 29 heavy (non-hydrogen) atoms. The molecule has 3 fully saturated rings. The number of carbonyl (C=O) groups is 2. The third-order valence-corrected chi connectivity index (χ3v) is 7.42.